The number of nitrogens with zero attached hydrogens (tertiary/aromatic N) is 5. The van der Waals surface area contributed by atoms with Crippen LogP contribution in [0.3, 0.4) is 0 Å². The number of rotatable bonds is 6. The van der Waals surface area contributed by atoms with E-state index < -0.39 is 0 Å². The number of pyridine rings is 1. The van der Waals surface area contributed by atoms with Crippen LogP contribution in [0.4, 0.5) is 5.69 Å². The van der Waals surface area contributed by atoms with Gasteiger partial charge in [0, 0.05) is 25.5 Å². The number of nitrogens with one attached hydrogen (secondary N) is 1. The Morgan fingerprint density at radius 3 is 3.04 bits per heavy atom. The molecule has 3 rings (SSSR count). The monoisotopic (exact) mass is 330 g/mol. The van der Waals surface area contributed by atoms with Crippen molar-refractivity contribution in [2.24, 2.45) is 0 Å². The molecule has 118 valence electrons. The molecule has 0 radical (unpaired) electrons. The Kier molecular flexibility index (Phi) is 4.67. The number of amides is 1. The third-order valence-corrected chi connectivity index (χ3v) is 3.74. The topological polar surface area (TPSA) is 98.7 Å². The summed E-state index contributed by atoms with van der Waals surface area (Å²) in [6, 6.07) is 5.34. The second-order valence-corrected chi connectivity index (χ2v) is 5.58. The first-order chi connectivity index (χ1) is 11.2. The molecule has 0 aromatic carbocycles. The highest BCUT2D eigenvalue weighted by Crippen LogP contribution is 2.17. The van der Waals surface area contributed by atoms with E-state index in [-0.39, 0.29) is 11.7 Å². The second kappa shape index (κ2) is 7.05. The van der Waals surface area contributed by atoms with Gasteiger partial charge in [0.05, 0.1) is 17.2 Å². The number of aryl methyl sites for hydroxylation is 1. The summed E-state index contributed by atoms with van der Waals surface area (Å²) < 4.78 is 6.48. The minimum absolute atomic E-state index is 0.128. The van der Waals surface area contributed by atoms with E-state index in [4.69, 9.17) is 4.52 Å². The fourth-order valence-electron chi connectivity index (χ4n) is 1.89. The lowest BCUT2D eigenvalue weighted by Gasteiger charge is -2.09. The van der Waals surface area contributed by atoms with E-state index in [0.717, 1.165) is 0 Å². The first kappa shape index (κ1) is 15.2. The molecule has 0 fully saturated rings. The van der Waals surface area contributed by atoms with Gasteiger partial charge in [-0.05, 0) is 18.2 Å². The number of thioether (sulfide) groups is 1. The van der Waals surface area contributed by atoms with Crippen LogP contribution in [0.1, 0.15) is 11.7 Å². The summed E-state index contributed by atoms with van der Waals surface area (Å²) in [5.41, 5.74) is 0.609. The van der Waals surface area contributed by atoms with Crippen LogP contribution in [0.2, 0.25) is 0 Å². The first-order valence-corrected chi connectivity index (χ1v) is 7.99. The lowest BCUT2D eigenvalue weighted by Crippen LogP contribution is -2.16. The maximum absolute atomic E-state index is 12.1. The van der Waals surface area contributed by atoms with Gasteiger partial charge in [-0.15, -0.1) is 11.8 Å². The van der Waals surface area contributed by atoms with E-state index in [1.807, 2.05) is 0 Å². The Morgan fingerprint density at radius 1 is 1.39 bits per heavy atom. The average molecular weight is 330 g/mol. The minimum atomic E-state index is -0.128. The number of carbonyl (C=O) groups is 1. The molecule has 23 heavy (non-hydrogen) atoms. The van der Waals surface area contributed by atoms with Gasteiger partial charge in [0.1, 0.15) is 0 Å². The number of aromatic nitrogens is 5. The zero-order valence-corrected chi connectivity index (χ0v) is 13.2. The predicted molar refractivity (Wildman–Crippen MR) is 85.2 cm³/mol. The molecule has 0 aliphatic rings. The quantitative estimate of drug-likeness (QED) is 0.736. The molecule has 3 aromatic rings. The van der Waals surface area contributed by atoms with Gasteiger partial charge in [-0.3, -0.25) is 4.79 Å². The lowest BCUT2D eigenvalue weighted by molar-refractivity contribution is -0.113. The van der Waals surface area contributed by atoms with Gasteiger partial charge in [-0.25, -0.2) is 9.67 Å². The summed E-state index contributed by atoms with van der Waals surface area (Å²) in [5.74, 6) is 2.34. The Balaban J connectivity index is 1.58. The van der Waals surface area contributed by atoms with Gasteiger partial charge in [0.25, 0.3) is 0 Å². The Bertz CT molecular complexity index is 786. The molecule has 9 heteroatoms. The van der Waals surface area contributed by atoms with E-state index in [1.54, 1.807) is 48.4 Å². The molecule has 3 heterocycles. The Labute approximate surface area is 136 Å². The maximum Gasteiger partial charge on any atom is 0.234 e. The number of carbonyl (C=O) groups excluding carboxylic acids is 1. The standard InChI is InChI=1S/C14H14N6O2S/c1-10-17-12(19-22-10)8-23-9-13(21)18-11-4-2-5-15-14(11)20-7-3-6-16-20/h2-7H,8-9H2,1H3,(H,18,21). The number of hydrogen-bond donors (Lipinski definition) is 1. The van der Waals surface area contributed by atoms with Crippen LogP contribution in [0.15, 0.2) is 41.3 Å². The maximum atomic E-state index is 12.1. The normalized spacial score (nSPS) is 10.7. The van der Waals surface area contributed by atoms with Crippen LogP contribution in [0.5, 0.6) is 0 Å². The molecule has 0 saturated carbocycles. The number of anilines is 1. The Hall–Kier alpha value is -2.68. The minimum Gasteiger partial charge on any atom is -0.340 e. The molecule has 0 atom stereocenters. The summed E-state index contributed by atoms with van der Waals surface area (Å²) in [6.45, 7) is 1.73. The van der Waals surface area contributed by atoms with E-state index in [2.05, 4.69) is 25.5 Å². The molecule has 0 aliphatic heterocycles. The fraction of sp³-hybridized carbons (Fsp3) is 0.214. The average Bonchev–Trinajstić information content (AvgIpc) is 3.20. The molecule has 0 bridgehead atoms. The summed E-state index contributed by atoms with van der Waals surface area (Å²) in [4.78, 5) is 20.4. The van der Waals surface area contributed by atoms with Gasteiger partial charge in [-0.1, -0.05) is 5.16 Å². The van der Waals surface area contributed by atoms with Crippen molar-refractivity contribution in [3.63, 3.8) is 0 Å². The zero-order valence-electron chi connectivity index (χ0n) is 12.3. The van der Waals surface area contributed by atoms with Crippen LogP contribution in [0, 0.1) is 6.92 Å². The highest BCUT2D eigenvalue weighted by Gasteiger charge is 2.10. The molecular weight excluding hydrogens is 316 g/mol. The van der Waals surface area contributed by atoms with E-state index in [9.17, 15) is 4.79 Å². The number of hydrogen-bond acceptors (Lipinski definition) is 7. The van der Waals surface area contributed by atoms with E-state index in [0.29, 0.717) is 29.0 Å². The first-order valence-electron chi connectivity index (χ1n) is 6.84. The summed E-state index contributed by atoms with van der Waals surface area (Å²) in [7, 11) is 0. The van der Waals surface area contributed by atoms with E-state index >= 15 is 0 Å². The van der Waals surface area contributed by atoms with Crippen LogP contribution in [-0.2, 0) is 10.5 Å². The van der Waals surface area contributed by atoms with Crippen LogP contribution in [0.25, 0.3) is 5.82 Å². The largest absolute Gasteiger partial charge is 0.340 e. The molecule has 8 nitrogen and oxygen atoms in total. The molecule has 0 saturated heterocycles. The third kappa shape index (κ3) is 3.95. The van der Waals surface area contributed by atoms with Gasteiger partial charge < -0.3 is 9.84 Å². The van der Waals surface area contributed by atoms with Crippen molar-refractivity contribution in [3.8, 4) is 5.82 Å². The van der Waals surface area contributed by atoms with E-state index in [1.165, 1.54) is 11.8 Å². The second-order valence-electron chi connectivity index (χ2n) is 4.60. The van der Waals surface area contributed by atoms with Gasteiger partial charge in [0.2, 0.25) is 11.8 Å². The Morgan fingerprint density at radius 2 is 2.30 bits per heavy atom. The molecule has 0 aliphatic carbocycles. The molecule has 1 N–H and O–H groups in total. The van der Waals surface area contributed by atoms with Crippen molar-refractivity contribution in [1.29, 1.82) is 0 Å². The van der Waals surface area contributed by atoms with Crippen molar-refractivity contribution in [2.45, 2.75) is 12.7 Å². The van der Waals surface area contributed by atoms with Crippen molar-refractivity contribution in [3.05, 3.63) is 48.5 Å². The summed E-state index contributed by atoms with van der Waals surface area (Å²) >= 11 is 1.41. The molecule has 0 spiro atoms. The highest BCUT2D eigenvalue weighted by atomic mass is 32.2. The highest BCUT2D eigenvalue weighted by molar-refractivity contribution is 7.99. The zero-order chi connectivity index (χ0) is 16.1. The lowest BCUT2D eigenvalue weighted by atomic mass is 10.4. The smallest absolute Gasteiger partial charge is 0.234 e. The van der Waals surface area contributed by atoms with Gasteiger partial charge >= 0.3 is 0 Å². The van der Waals surface area contributed by atoms with Crippen molar-refractivity contribution in [2.75, 3.05) is 11.1 Å². The van der Waals surface area contributed by atoms with Gasteiger partial charge in [0.15, 0.2) is 11.6 Å². The SMILES string of the molecule is Cc1nc(CSCC(=O)Nc2cccnc2-n2cccn2)no1. The van der Waals surface area contributed by atoms with Crippen molar-refractivity contribution < 1.29 is 9.32 Å². The van der Waals surface area contributed by atoms with Crippen LogP contribution in [-0.4, -0.2) is 36.6 Å². The molecule has 1 amide bonds. The van der Waals surface area contributed by atoms with Crippen molar-refractivity contribution >= 4 is 23.4 Å². The van der Waals surface area contributed by atoms with Gasteiger partial charge in [-0.2, -0.15) is 10.1 Å². The molecule has 3 aromatic heterocycles. The van der Waals surface area contributed by atoms with Crippen LogP contribution >= 0.6 is 11.8 Å². The summed E-state index contributed by atoms with van der Waals surface area (Å²) in [6.07, 6.45) is 5.08. The van der Waals surface area contributed by atoms with Crippen molar-refractivity contribution in [1.82, 2.24) is 24.9 Å². The molecule has 0 unspecified atom stereocenters. The molecular formula is C14H14N6O2S. The third-order valence-electron chi connectivity index (χ3n) is 2.82. The predicted octanol–water partition coefficient (Wildman–Crippen LogP) is 1.83. The van der Waals surface area contributed by atoms with Crippen LogP contribution < -0.4 is 5.32 Å². The fourth-order valence-corrected chi connectivity index (χ4v) is 2.55. The summed E-state index contributed by atoms with van der Waals surface area (Å²) in [5, 5.41) is 10.8.